The molecule has 0 saturated heterocycles. The Morgan fingerprint density at radius 3 is 2.00 bits per heavy atom. The molecular weight excluding hydrogens is 176 g/mol. The lowest BCUT2D eigenvalue weighted by Gasteiger charge is -2.19. The predicted molar refractivity (Wildman–Crippen MR) is 57.5 cm³/mol. The van der Waals surface area contributed by atoms with E-state index in [0.29, 0.717) is 5.75 Å². The second-order valence-corrected chi connectivity index (χ2v) is 4.49. The van der Waals surface area contributed by atoms with Crippen LogP contribution >= 0.6 is 0 Å². The van der Waals surface area contributed by atoms with Crippen molar-refractivity contribution in [2.24, 2.45) is 0 Å². The van der Waals surface area contributed by atoms with Crippen LogP contribution < -0.4 is 4.74 Å². The van der Waals surface area contributed by atoms with Crippen LogP contribution in [-0.2, 0) is 5.41 Å². The molecule has 1 aromatic carbocycles. The lowest BCUT2D eigenvalue weighted by molar-refractivity contribution is -0.000307. The number of rotatable bonds is 2. The standard InChI is InChI=1S/C12H18O2/c1-9(13)14-11-7-5-10(6-8-11)12(2,3)4/h5-9,13H,1-4H3. The summed E-state index contributed by atoms with van der Waals surface area (Å²) in [5, 5.41) is 9.01. The SMILES string of the molecule is CC(O)Oc1ccc(C(C)(C)C)cc1. The van der Waals surface area contributed by atoms with Crippen molar-refractivity contribution in [2.45, 2.75) is 39.4 Å². The molecule has 0 aromatic heterocycles. The highest BCUT2D eigenvalue weighted by atomic mass is 16.6. The summed E-state index contributed by atoms with van der Waals surface area (Å²) in [6.07, 6.45) is -0.754. The van der Waals surface area contributed by atoms with E-state index in [4.69, 9.17) is 9.84 Å². The molecule has 0 aliphatic heterocycles. The number of hydrogen-bond acceptors (Lipinski definition) is 2. The minimum Gasteiger partial charge on any atom is -0.465 e. The molecule has 1 N–H and O–H groups in total. The third-order valence-electron chi connectivity index (χ3n) is 2.03. The van der Waals surface area contributed by atoms with Crippen LogP contribution in [0, 0.1) is 0 Å². The maximum absolute atomic E-state index is 9.01. The lowest BCUT2D eigenvalue weighted by atomic mass is 9.87. The summed E-state index contributed by atoms with van der Waals surface area (Å²) in [6, 6.07) is 7.82. The van der Waals surface area contributed by atoms with Gasteiger partial charge in [-0.25, -0.2) is 0 Å². The highest BCUT2D eigenvalue weighted by Gasteiger charge is 2.13. The van der Waals surface area contributed by atoms with Gasteiger partial charge in [0.25, 0.3) is 0 Å². The second-order valence-electron chi connectivity index (χ2n) is 4.49. The Balaban J connectivity index is 2.79. The van der Waals surface area contributed by atoms with Gasteiger partial charge in [-0.3, -0.25) is 0 Å². The number of aliphatic hydroxyl groups is 1. The van der Waals surface area contributed by atoms with E-state index in [2.05, 4.69) is 20.8 Å². The molecule has 78 valence electrons. The fourth-order valence-corrected chi connectivity index (χ4v) is 1.23. The first-order valence-electron chi connectivity index (χ1n) is 4.85. The van der Waals surface area contributed by atoms with Gasteiger partial charge in [-0.2, -0.15) is 0 Å². The molecule has 0 radical (unpaired) electrons. The highest BCUT2D eigenvalue weighted by Crippen LogP contribution is 2.24. The molecule has 2 heteroatoms. The molecular formula is C12H18O2. The molecule has 0 saturated carbocycles. The molecule has 0 amide bonds. The van der Waals surface area contributed by atoms with Gasteiger partial charge in [0.1, 0.15) is 5.75 Å². The number of hydrogen-bond donors (Lipinski definition) is 1. The summed E-state index contributed by atoms with van der Waals surface area (Å²) in [7, 11) is 0. The quantitative estimate of drug-likeness (QED) is 0.733. The fourth-order valence-electron chi connectivity index (χ4n) is 1.23. The van der Waals surface area contributed by atoms with E-state index in [1.165, 1.54) is 5.56 Å². The molecule has 2 nitrogen and oxygen atoms in total. The van der Waals surface area contributed by atoms with Crippen molar-refractivity contribution < 1.29 is 9.84 Å². The first-order valence-corrected chi connectivity index (χ1v) is 4.85. The summed E-state index contributed by atoms with van der Waals surface area (Å²) in [5.74, 6) is 0.702. The van der Waals surface area contributed by atoms with Gasteiger partial charge in [0.2, 0.25) is 0 Å². The first-order chi connectivity index (χ1) is 6.39. The van der Waals surface area contributed by atoms with Gasteiger partial charge in [-0.05, 0) is 30.0 Å². The van der Waals surface area contributed by atoms with Crippen LogP contribution in [0.2, 0.25) is 0 Å². The van der Waals surface area contributed by atoms with Crippen LogP contribution in [0.5, 0.6) is 5.75 Å². The zero-order valence-electron chi connectivity index (χ0n) is 9.24. The Hall–Kier alpha value is -1.02. The molecule has 0 bridgehead atoms. The summed E-state index contributed by atoms with van der Waals surface area (Å²) >= 11 is 0. The molecule has 1 atom stereocenters. The van der Waals surface area contributed by atoms with E-state index >= 15 is 0 Å². The minimum absolute atomic E-state index is 0.156. The van der Waals surface area contributed by atoms with Crippen molar-refractivity contribution in [3.8, 4) is 5.75 Å². The molecule has 1 rings (SSSR count). The average molecular weight is 194 g/mol. The normalized spacial score (nSPS) is 13.8. The van der Waals surface area contributed by atoms with Crippen LogP contribution in [0.25, 0.3) is 0 Å². The van der Waals surface area contributed by atoms with E-state index in [-0.39, 0.29) is 5.41 Å². The van der Waals surface area contributed by atoms with Gasteiger partial charge in [0.15, 0.2) is 6.29 Å². The molecule has 0 spiro atoms. The Labute approximate surface area is 85.5 Å². The van der Waals surface area contributed by atoms with Crippen molar-refractivity contribution in [1.29, 1.82) is 0 Å². The largest absolute Gasteiger partial charge is 0.465 e. The number of benzene rings is 1. The predicted octanol–water partition coefficient (Wildman–Crippen LogP) is 2.70. The third kappa shape index (κ3) is 3.04. The van der Waals surface area contributed by atoms with Crippen molar-refractivity contribution in [3.05, 3.63) is 29.8 Å². The molecule has 0 heterocycles. The minimum atomic E-state index is -0.754. The van der Waals surface area contributed by atoms with Crippen molar-refractivity contribution in [3.63, 3.8) is 0 Å². The lowest BCUT2D eigenvalue weighted by Crippen LogP contribution is -2.12. The van der Waals surface area contributed by atoms with E-state index in [1.54, 1.807) is 6.92 Å². The molecule has 0 fully saturated rings. The number of aliphatic hydroxyl groups excluding tert-OH is 1. The van der Waals surface area contributed by atoms with E-state index in [0.717, 1.165) is 0 Å². The van der Waals surface area contributed by atoms with E-state index in [9.17, 15) is 0 Å². The van der Waals surface area contributed by atoms with Gasteiger partial charge in [-0.15, -0.1) is 0 Å². The summed E-state index contributed by atoms with van der Waals surface area (Å²) in [4.78, 5) is 0. The molecule has 1 aromatic rings. The van der Waals surface area contributed by atoms with Gasteiger partial charge < -0.3 is 9.84 Å². The van der Waals surface area contributed by atoms with Gasteiger partial charge in [0, 0.05) is 0 Å². The molecule has 0 aliphatic rings. The molecule has 0 aliphatic carbocycles. The van der Waals surface area contributed by atoms with Gasteiger partial charge in [-0.1, -0.05) is 32.9 Å². The van der Waals surface area contributed by atoms with Crippen LogP contribution in [-0.4, -0.2) is 11.4 Å². The van der Waals surface area contributed by atoms with E-state index in [1.807, 2.05) is 24.3 Å². The maximum atomic E-state index is 9.01. The molecule has 14 heavy (non-hydrogen) atoms. The van der Waals surface area contributed by atoms with E-state index < -0.39 is 6.29 Å². The third-order valence-corrected chi connectivity index (χ3v) is 2.03. The van der Waals surface area contributed by atoms with Crippen LogP contribution in [0.3, 0.4) is 0 Å². The van der Waals surface area contributed by atoms with Crippen molar-refractivity contribution in [2.75, 3.05) is 0 Å². The van der Waals surface area contributed by atoms with Gasteiger partial charge in [0.05, 0.1) is 0 Å². The summed E-state index contributed by atoms with van der Waals surface area (Å²) in [6.45, 7) is 8.09. The fraction of sp³-hybridized carbons (Fsp3) is 0.500. The number of ether oxygens (including phenoxy) is 1. The smallest absolute Gasteiger partial charge is 0.194 e. The second kappa shape index (κ2) is 4.01. The van der Waals surface area contributed by atoms with Gasteiger partial charge >= 0.3 is 0 Å². The van der Waals surface area contributed by atoms with Crippen LogP contribution in [0.15, 0.2) is 24.3 Å². The Morgan fingerprint density at radius 2 is 1.64 bits per heavy atom. The van der Waals surface area contributed by atoms with Crippen molar-refractivity contribution in [1.82, 2.24) is 0 Å². The molecule has 1 unspecified atom stereocenters. The highest BCUT2D eigenvalue weighted by molar-refractivity contribution is 5.31. The summed E-state index contributed by atoms with van der Waals surface area (Å²) < 4.78 is 5.14. The topological polar surface area (TPSA) is 29.5 Å². The maximum Gasteiger partial charge on any atom is 0.194 e. The average Bonchev–Trinajstić information content (AvgIpc) is 2.02. The Bertz CT molecular complexity index is 280. The van der Waals surface area contributed by atoms with Crippen molar-refractivity contribution >= 4 is 0 Å². The Morgan fingerprint density at radius 1 is 1.14 bits per heavy atom. The zero-order chi connectivity index (χ0) is 10.8. The van der Waals surface area contributed by atoms with Crippen LogP contribution in [0.4, 0.5) is 0 Å². The zero-order valence-corrected chi connectivity index (χ0v) is 9.24. The monoisotopic (exact) mass is 194 g/mol. The summed E-state index contributed by atoms with van der Waals surface area (Å²) in [5.41, 5.74) is 1.42. The Kier molecular flexibility index (Phi) is 3.17. The first kappa shape index (κ1) is 11.1. The van der Waals surface area contributed by atoms with Crippen LogP contribution in [0.1, 0.15) is 33.3 Å².